The number of hydrogen-bond donors (Lipinski definition) is 1. The molecule has 0 heterocycles. The van der Waals surface area contributed by atoms with Crippen molar-refractivity contribution in [1.82, 2.24) is 0 Å². The number of carbonyl (C=O) groups is 1. The van der Waals surface area contributed by atoms with Gasteiger partial charge in [0.25, 0.3) is 0 Å². The Labute approximate surface area is 97.6 Å². The van der Waals surface area contributed by atoms with Crippen molar-refractivity contribution in [2.45, 2.75) is 0 Å². The topological polar surface area (TPSA) is 46.5 Å². The van der Waals surface area contributed by atoms with Crippen molar-refractivity contribution in [3.05, 3.63) is 29.6 Å². The molecule has 0 aliphatic heterocycles. The Hall–Kier alpha value is -1.07. The van der Waals surface area contributed by atoms with E-state index >= 15 is 0 Å². The summed E-state index contributed by atoms with van der Waals surface area (Å²) in [5, 5.41) is 9.39. The van der Waals surface area contributed by atoms with Crippen molar-refractivity contribution in [2.75, 3.05) is 25.2 Å². The molecular formula is C11H13FO3S. The van der Waals surface area contributed by atoms with Crippen molar-refractivity contribution in [1.29, 1.82) is 0 Å². The number of hydrogen-bond acceptors (Lipinski definition) is 4. The van der Waals surface area contributed by atoms with Crippen molar-refractivity contribution in [2.24, 2.45) is 0 Å². The minimum Gasteiger partial charge on any atom is -0.507 e. The number of thioether (sulfide) groups is 1. The summed E-state index contributed by atoms with van der Waals surface area (Å²) in [6.07, 6.45) is 0. The molecule has 0 saturated heterocycles. The lowest BCUT2D eigenvalue weighted by Gasteiger charge is -2.03. The molecule has 0 saturated carbocycles. The quantitative estimate of drug-likeness (QED) is 0.615. The largest absolute Gasteiger partial charge is 0.507 e. The maximum Gasteiger partial charge on any atom is 0.176 e. The van der Waals surface area contributed by atoms with E-state index in [2.05, 4.69) is 0 Å². The fourth-order valence-electron chi connectivity index (χ4n) is 1.12. The number of phenolic OH excluding ortho intramolecular Hbond substituents is 1. The molecule has 0 fully saturated rings. The molecule has 0 atom stereocenters. The van der Waals surface area contributed by atoms with Gasteiger partial charge in [-0.2, -0.15) is 11.8 Å². The SMILES string of the molecule is COCCSCC(=O)c1cc(F)ccc1O. The maximum atomic E-state index is 12.9. The van der Waals surface area contributed by atoms with Gasteiger partial charge < -0.3 is 9.84 Å². The Bertz CT molecular complexity index is 368. The number of aromatic hydroxyl groups is 1. The van der Waals surface area contributed by atoms with Crippen LogP contribution in [-0.2, 0) is 4.74 Å². The standard InChI is InChI=1S/C11H13FO3S/c1-15-4-5-16-7-11(14)9-6-8(12)2-3-10(9)13/h2-3,6,13H,4-5,7H2,1H3. The van der Waals surface area contributed by atoms with Crippen molar-refractivity contribution < 1.29 is 19.0 Å². The molecule has 0 spiro atoms. The first kappa shape index (κ1) is 13.0. The third-order valence-electron chi connectivity index (χ3n) is 1.92. The monoisotopic (exact) mass is 244 g/mol. The average molecular weight is 244 g/mol. The zero-order chi connectivity index (χ0) is 12.0. The van der Waals surface area contributed by atoms with Crippen LogP contribution in [0.2, 0.25) is 0 Å². The highest BCUT2D eigenvalue weighted by Gasteiger charge is 2.11. The van der Waals surface area contributed by atoms with Crippen molar-refractivity contribution >= 4 is 17.5 Å². The molecule has 1 rings (SSSR count). The van der Waals surface area contributed by atoms with Gasteiger partial charge in [-0.3, -0.25) is 4.79 Å². The molecule has 5 heteroatoms. The van der Waals surface area contributed by atoms with Gasteiger partial charge in [0, 0.05) is 12.9 Å². The summed E-state index contributed by atoms with van der Waals surface area (Å²) in [6.45, 7) is 0.563. The molecule has 0 aliphatic carbocycles. The Morgan fingerprint density at radius 2 is 2.31 bits per heavy atom. The Morgan fingerprint density at radius 1 is 1.56 bits per heavy atom. The summed E-state index contributed by atoms with van der Waals surface area (Å²) in [5.41, 5.74) is 0.0323. The normalized spacial score (nSPS) is 10.4. The number of benzene rings is 1. The molecule has 3 nitrogen and oxygen atoms in total. The van der Waals surface area contributed by atoms with Crippen LogP contribution in [0.3, 0.4) is 0 Å². The van der Waals surface area contributed by atoms with Gasteiger partial charge in [-0.25, -0.2) is 4.39 Å². The second-order valence-electron chi connectivity index (χ2n) is 3.13. The maximum absolute atomic E-state index is 12.9. The Morgan fingerprint density at radius 3 is 3.00 bits per heavy atom. The minimum absolute atomic E-state index is 0.0323. The zero-order valence-corrected chi connectivity index (χ0v) is 9.72. The molecule has 88 valence electrons. The van der Waals surface area contributed by atoms with Crippen LogP contribution in [0.25, 0.3) is 0 Å². The molecule has 0 amide bonds. The van der Waals surface area contributed by atoms with E-state index in [1.807, 2.05) is 0 Å². The van der Waals surface area contributed by atoms with E-state index in [0.717, 1.165) is 12.1 Å². The first-order chi connectivity index (χ1) is 7.65. The summed E-state index contributed by atoms with van der Waals surface area (Å²) in [7, 11) is 1.58. The smallest absolute Gasteiger partial charge is 0.176 e. The number of carbonyl (C=O) groups excluding carboxylic acids is 1. The fourth-order valence-corrected chi connectivity index (χ4v) is 1.89. The predicted octanol–water partition coefficient (Wildman–Crippen LogP) is 2.09. The molecule has 0 aliphatic rings. The summed E-state index contributed by atoms with van der Waals surface area (Å²) in [5.74, 6) is -0.0847. The number of methoxy groups -OCH3 is 1. The van der Waals surface area contributed by atoms with Crippen LogP contribution in [0.15, 0.2) is 18.2 Å². The van der Waals surface area contributed by atoms with Crippen LogP contribution in [-0.4, -0.2) is 36.1 Å². The summed E-state index contributed by atoms with van der Waals surface area (Å²) < 4.78 is 17.7. The van der Waals surface area contributed by atoms with E-state index in [4.69, 9.17) is 4.74 Å². The van der Waals surface area contributed by atoms with Gasteiger partial charge >= 0.3 is 0 Å². The lowest BCUT2D eigenvalue weighted by molar-refractivity contribution is 0.101. The van der Waals surface area contributed by atoms with Gasteiger partial charge in [0.15, 0.2) is 5.78 Å². The van der Waals surface area contributed by atoms with Crippen LogP contribution in [0, 0.1) is 5.82 Å². The number of halogens is 1. The van der Waals surface area contributed by atoms with E-state index in [0.29, 0.717) is 12.4 Å². The zero-order valence-electron chi connectivity index (χ0n) is 8.90. The van der Waals surface area contributed by atoms with E-state index in [9.17, 15) is 14.3 Å². The third kappa shape index (κ3) is 3.83. The molecule has 1 N–H and O–H groups in total. The highest BCUT2D eigenvalue weighted by Crippen LogP contribution is 2.19. The van der Waals surface area contributed by atoms with Crippen molar-refractivity contribution in [3.8, 4) is 5.75 Å². The lowest BCUT2D eigenvalue weighted by Crippen LogP contribution is -2.05. The van der Waals surface area contributed by atoms with Gasteiger partial charge in [0.2, 0.25) is 0 Å². The summed E-state index contributed by atoms with van der Waals surface area (Å²) in [4.78, 5) is 11.6. The van der Waals surface area contributed by atoms with Crippen molar-refractivity contribution in [3.63, 3.8) is 0 Å². The Balaban J connectivity index is 2.55. The first-order valence-electron chi connectivity index (χ1n) is 4.73. The number of ether oxygens (including phenoxy) is 1. The van der Waals surface area contributed by atoms with E-state index < -0.39 is 5.82 Å². The molecule has 0 bridgehead atoms. The molecule has 0 unspecified atom stereocenters. The highest BCUT2D eigenvalue weighted by atomic mass is 32.2. The Kier molecular flexibility index (Phi) is 5.28. The molecular weight excluding hydrogens is 231 g/mol. The third-order valence-corrected chi connectivity index (χ3v) is 2.85. The number of ketones is 1. The van der Waals surface area contributed by atoms with Crippen LogP contribution in [0.5, 0.6) is 5.75 Å². The highest BCUT2D eigenvalue weighted by molar-refractivity contribution is 8.00. The molecule has 0 aromatic heterocycles. The van der Waals surface area contributed by atoms with Gasteiger partial charge in [-0.1, -0.05) is 0 Å². The summed E-state index contributed by atoms with van der Waals surface area (Å²) in [6, 6.07) is 3.35. The second kappa shape index (κ2) is 6.50. The first-order valence-corrected chi connectivity index (χ1v) is 5.89. The lowest BCUT2D eigenvalue weighted by atomic mass is 10.1. The number of Topliss-reactive ketones (excluding diaryl/α,β-unsaturated/α-hetero) is 1. The van der Waals surface area contributed by atoms with Crippen LogP contribution < -0.4 is 0 Å². The molecule has 1 aromatic rings. The molecule has 16 heavy (non-hydrogen) atoms. The number of rotatable bonds is 6. The predicted molar refractivity (Wildman–Crippen MR) is 61.6 cm³/mol. The van der Waals surface area contributed by atoms with Crippen LogP contribution in [0.4, 0.5) is 4.39 Å². The van der Waals surface area contributed by atoms with Gasteiger partial charge in [-0.15, -0.1) is 0 Å². The minimum atomic E-state index is -0.525. The summed E-state index contributed by atoms with van der Waals surface area (Å²) >= 11 is 1.39. The molecule has 0 radical (unpaired) electrons. The average Bonchev–Trinajstić information content (AvgIpc) is 2.27. The second-order valence-corrected chi connectivity index (χ2v) is 4.24. The fraction of sp³-hybridized carbons (Fsp3) is 0.364. The van der Waals surface area contributed by atoms with Crippen LogP contribution in [0.1, 0.15) is 10.4 Å². The van der Waals surface area contributed by atoms with E-state index in [1.54, 1.807) is 7.11 Å². The van der Waals surface area contributed by atoms with Gasteiger partial charge in [-0.05, 0) is 18.2 Å². The molecule has 1 aromatic carbocycles. The van der Waals surface area contributed by atoms with Gasteiger partial charge in [0.1, 0.15) is 11.6 Å². The van der Waals surface area contributed by atoms with Gasteiger partial charge in [0.05, 0.1) is 17.9 Å². The van der Waals surface area contributed by atoms with E-state index in [-0.39, 0.29) is 22.8 Å². The number of phenols is 1. The van der Waals surface area contributed by atoms with E-state index in [1.165, 1.54) is 17.8 Å². The van der Waals surface area contributed by atoms with Crippen LogP contribution >= 0.6 is 11.8 Å².